The molecule has 7 nitrogen and oxygen atoms in total. The van der Waals surface area contributed by atoms with E-state index in [0.29, 0.717) is 13.1 Å². The molecule has 0 fully saturated rings. The van der Waals surface area contributed by atoms with Crippen LogP contribution in [0.15, 0.2) is 17.5 Å². The monoisotopic (exact) mass is 421 g/mol. The SMILES string of the molecule is CCc1cnc(CNC(=NC)NCc2ncnn2C)s1.I. The number of halogens is 1. The maximum Gasteiger partial charge on any atom is 0.191 e. The number of aryl methyl sites for hydroxylation is 2. The summed E-state index contributed by atoms with van der Waals surface area (Å²) in [4.78, 5) is 14.0. The summed E-state index contributed by atoms with van der Waals surface area (Å²) < 4.78 is 1.73. The number of rotatable bonds is 5. The van der Waals surface area contributed by atoms with Gasteiger partial charge in [-0.25, -0.2) is 9.97 Å². The number of guanidine groups is 1. The quantitative estimate of drug-likeness (QED) is 0.433. The number of aliphatic imine (C=N–C) groups is 1. The van der Waals surface area contributed by atoms with Crippen molar-refractivity contribution in [1.29, 1.82) is 0 Å². The normalized spacial score (nSPS) is 11.1. The largest absolute Gasteiger partial charge is 0.350 e. The van der Waals surface area contributed by atoms with E-state index in [-0.39, 0.29) is 24.0 Å². The third-order valence-electron chi connectivity index (χ3n) is 2.80. The molecule has 0 saturated heterocycles. The molecule has 0 atom stereocenters. The number of hydrogen-bond acceptors (Lipinski definition) is 5. The van der Waals surface area contributed by atoms with Crippen molar-refractivity contribution in [3.8, 4) is 0 Å². The number of thiazole rings is 1. The topological polar surface area (TPSA) is 80.0 Å². The molecule has 0 saturated carbocycles. The van der Waals surface area contributed by atoms with E-state index in [1.807, 2.05) is 13.2 Å². The molecule has 2 aromatic rings. The molecule has 2 heterocycles. The molecule has 2 rings (SSSR count). The minimum absolute atomic E-state index is 0. The Kier molecular flexibility index (Phi) is 7.57. The highest BCUT2D eigenvalue weighted by molar-refractivity contribution is 14.0. The van der Waals surface area contributed by atoms with Crippen LogP contribution in [-0.2, 0) is 26.6 Å². The van der Waals surface area contributed by atoms with Crippen LogP contribution in [0.2, 0.25) is 0 Å². The lowest BCUT2D eigenvalue weighted by Crippen LogP contribution is -2.36. The maximum absolute atomic E-state index is 4.36. The van der Waals surface area contributed by atoms with E-state index in [4.69, 9.17) is 0 Å². The molecular weight excluding hydrogens is 401 g/mol. The summed E-state index contributed by atoms with van der Waals surface area (Å²) in [6, 6.07) is 0. The summed E-state index contributed by atoms with van der Waals surface area (Å²) in [5.41, 5.74) is 0. The zero-order chi connectivity index (χ0) is 14.4. The molecule has 0 spiro atoms. The van der Waals surface area contributed by atoms with Gasteiger partial charge in [0.2, 0.25) is 0 Å². The van der Waals surface area contributed by atoms with Gasteiger partial charge in [0.15, 0.2) is 5.96 Å². The van der Waals surface area contributed by atoms with Gasteiger partial charge in [-0.15, -0.1) is 35.3 Å². The van der Waals surface area contributed by atoms with Crippen LogP contribution in [-0.4, -0.2) is 32.8 Å². The first-order chi connectivity index (χ1) is 9.72. The van der Waals surface area contributed by atoms with Crippen molar-refractivity contribution in [1.82, 2.24) is 30.4 Å². The highest BCUT2D eigenvalue weighted by Crippen LogP contribution is 2.12. The molecule has 0 unspecified atom stereocenters. The second kappa shape index (κ2) is 8.93. The summed E-state index contributed by atoms with van der Waals surface area (Å²) >= 11 is 1.72. The van der Waals surface area contributed by atoms with Crippen LogP contribution in [0, 0.1) is 0 Å². The Morgan fingerprint density at radius 2 is 2.10 bits per heavy atom. The highest BCUT2D eigenvalue weighted by atomic mass is 127. The van der Waals surface area contributed by atoms with Crippen molar-refractivity contribution < 1.29 is 0 Å². The number of nitrogens with one attached hydrogen (secondary N) is 2. The van der Waals surface area contributed by atoms with Crippen LogP contribution in [0.4, 0.5) is 0 Å². The molecular formula is C12H20IN7S. The van der Waals surface area contributed by atoms with Crippen molar-refractivity contribution in [2.45, 2.75) is 26.4 Å². The molecule has 0 aromatic carbocycles. The van der Waals surface area contributed by atoms with Gasteiger partial charge in [0.1, 0.15) is 17.2 Å². The number of aromatic nitrogens is 4. The average molecular weight is 421 g/mol. The molecule has 0 aliphatic rings. The minimum Gasteiger partial charge on any atom is -0.350 e. The minimum atomic E-state index is 0. The smallest absolute Gasteiger partial charge is 0.191 e. The van der Waals surface area contributed by atoms with Crippen LogP contribution in [0.1, 0.15) is 22.6 Å². The van der Waals surface area contributed by atoms with Crippen molar-refractivity contribution in [2.24, 2.45) is 12.0 Å². The van der Waals surface area contributed by atoms with Crippen molar-refractivity contribution in [3.63, 3.8) is 0 Å². The maximum atomic E-state index is 4.36. The van der Waals surface area contributed by atoms with Gasteiger partial charge in [-0.1, -0.05) is 6.92 Å². The third kappa shape index (κ3) is 5.23. The number of hydrogen-bond donors (Lipinski definition) is 2. The van der Waals surface area contributed by atoms with E-state index >= 15 is 0 Å². The molecule has 9 heteroatoms. The van der Waals surface area contributed by atoms with Crippen LogP contribution < -0.4 is 10.6 Å². The fourth-order valence-corrected chi connectivity index (χ4v) is 2.42. The van der Waals surface area contributed by atoms with Crippen molar-refractivity contribution in [3.05, 3.63) is 28.2 Å². The second-order valence-electron chi connectivity index (χ2n) is 4.15. The average Bonchev–Trinajstić information content (AvgIpc) is 3.08. The lowest BCUT2D eigenvalue weighted by Gasteiger charge is -2.10. The Hall–Kier alpha value is -1.23. The molecule has 21 heavy (non-hydrogen) atoms. The molecule has 0 radical (unpaired) electrons. The Morgan fingerprint density at radius 3 is 2.67 bits per heavy atom. The van der Waals surface area contributed by atoms with E-state index in [9.17, 15) is 0 Å². The summed E-state index contributed by atoms with van der Waals surface area (Å²) in [5.74, 6) is 1.58. The van der Waals surface area contributed by atoms with Crippen molar-refractivity contribution in [2.75, 3.05) is 7.05 Å². The Morgan fingerprint density at radius 1 is 1.33 bits per heavy atom. The van der Waals surface area contributed by atoms with Gasteiger partial charge >= 0.3 is 0 Å². The van der Waals surface area contributed by atoms with Gasteiger partial charge in [0.25, 0.3) is 0 Å². The first-order valence-corrected chi connectivity index (χ1v) is 7.25. The molecule has 0 amide bonds. The van der Waals surface area contributed by atoms with Gasteiger partial charge in [-0.3, -0.25) is 9.67 Å². The summed E-state index contributed by atoms with van der Waals surface area (Å²) in [6.45, 7) is 3.38. The fraction of sp³-hybridized carbons (Fsp3) is 0.500. The first-order valence-electron chi connectivity index (χ1n) is 6.44. The van der Waals surface area contributed by atoms with Gasteiger partial charge < -0.3 is 10.6 Å². The highest BCUT2D eigenvalue weighted by Gasteiger charge is 2.04. The van der Waals surface area contributed by atoms with E-state index in [2.05, 4.69) is 37.6 Å². The zero-order valence-corrected chi connectivity index (χ0v) is 15.5. The standard InChI is InChI=1S/C12H19N7S.HI/c1-4-9-5-14-11(20-9)7-16-12(13-2)15-6-10-17-8-18-19(10)3;/h5,8H,4,6-7H2,1-3H3,(H2,13,15,16);1H. The van der Waals surface area contributed by atoms with Crippen LogP contribution in [0.25, 0.3) is 0 Å². The van der Waals surface area contributed by atoms with Crippen LogP contribution in [0.3, 0.4) is 0 Å². The Bertz CT molecular complexity index is 578. The van der Waals surface area contributed by atoms with Gasteiger partial charge in [0.05, 0.1) is 13.1 Å². The number of nitrogens with zero attached hydrogens (tertiary/aromatic N) is 5. The molecule has 0 aliphatic carbocycles. The van der Waals surface area contributed by atoms with E-state index in [1.54, 1.807) is 23.1 Å². The lowest BCUT2D eigenvalue weighted by atomic mass is 10.4. The van der Waals surface area contributed by atoms with Crippen LogP contribution >= 0.6 is 35.3 Å². The third-order valence-corrected chi connectivity index (χ3v) is 3.94. The Balaban J connectivity index is 0.00000220. The van der Waals surface area contributed by atoms with Gasteiger partial charge in [0, 0.05) is 25.2 Å². The first kappa shape index (κ1) is 17.8. The predicted octanol–water partition coefficient (Wildman–Crippen LogP) is 1.32. The fourth-order valence-electron chi connectivity index (χ4n) is 1.62. The lowest BCUT2D eigenvalue weighted by molar-refractivity contribution is 0.672. The molecule has 116 valence electrons. The summed E-state index contributed by atoms with van der Waals surface area (Å²) in [6.07, 6.45) is 4.49. The van der Waals surface area contributed by atoms with E-state index in [1.165, 1.54) is 11.2 Å². The summed E-state index contributed by atoms with van der Waals surface area (Å²) in [7, 11) is 3.60. The molecule has 2 aromatic heterocycles. The van der Waals surface area contributed by atoms with Gasteiger partial charge in [-0.2, -0.15) is 5.10 Å². The van der Waals surface area contributed by atoms with E-state index in [0.717, 1.165) is 23.2 Å². The Labute approximate surface area is 145 Å². The van der Waals surface area contributed by atoms with Gasteiger partial charge in [-0.05, 0) is 6.42 Å². The molecule has 0 aliphatic heterocycles. The van der Waals surface area contributed by atoms with E-state index < -0.39 is 0 Å². The molecule has 2 N–H and O–H groups in total. The molecule has 0 bridgehead atoms. The zero-order valence-electron chi connectivity index (χ0n) is 12.3. The van der Waals surface area contributed by atoms with Crippen LogP contribution in [0.5, 0.6) is 0 Å². The second-order valence-corrected chi connectivity index (χ2v) is 5.35. The predicted molar refractivity (Wildman–Crippen MR) is 94.9 cm³/mol. The summed E-state index contributed by atoms with van der Waals surface area (Å²) in [5, 5.41) is 11.5. The van der Waals surface area contributed by atoms with Crippen molar-refractivity contribution >= 4 is 41.3 Å².